The maximum absolute atomic E-state index is 12.4. The van der Waals surface area contributed by atoms with Crippen LogP contribution >= 0.6 is 0 Å². The second kappa shape index (κ2) is 22.6. The molecule has 50 heavy (non-hydrogen) atoms. The molecule has 0 heterocycles. The molecule has 0 aliphatic heterocycles. The van der Waals surface area contributed by atoms with Gasteiger partial charge in [-0.2, -0.15) is 13.8 Å². The molecule has 2 atom stereocenters. The summed E-state index contributed by atoms with van der Waals surface area (Å²) in [6.07, 6.45) is 3.72. The maximum atomic E-state index is 12.4. The first-order valence-electron chi connectivity index (χ1n) is 15.7. The molecule has 0 saturated carbocycles. The zero-order valence-corrected chi connectivity index (χ0v) is 34.8. The smallest absolute Gasteiger partial charge is 0.335 e. The summed E-state index contributed by atoms with van der Waals surface area (Å²) in [6, 6.07) is 28.2. The molecular formula is C40H42N2O6Y2-2. The number of anilines is 2. The van der Waals surface area contributed by atoms with Gasteiger partial charge in [0.25, 0.3) is 0 Å². The van der Waals surface area contributed by atoms with Crippen molar-refractivity contribution in [3.63, 3.8) is 0 Å². The molecule has 2 unspecified atom stereocenters. The van der Waals surface area contributed by atoms with E-state index in [1.165, 1.54) is 24.3 Å². The van der Waals surface area contributed by atoms with Crippen molar-refractivity contribution in [2.24, 2.45) is 11.8 Å². The topological polar surface area (TPSA) is 130 Å². The summed E-state index contributed by atoms with van der Waals surface area (Å²) in [6.45, 7) is 9.46. The van der Waals surface area contributed by atoms with Crippen molar-refractivity contribution in [1.29, 1.82) is 0 Å². The zero-order valence-electron chi connectivity index (χ0n) is 29.1. The van der Waals surface area contributed by atoms with Crippen LogP contribution in [0.2, 0.25) is 0 Å². The average molecular weight is 825 g/mol. The van der Waals surface area contributed by atoms with E-state index in [0.717, 1.165) is 22.4 Å². The number of aromatic carboxylic acids is 1. The number of nitrogens with one attached hydrogen (secondary N) is 2. The van der Waals surface area contributed by atoms with Gasteiger partial charge < -0.3 is 28.6 Å². The minimum Gasteiger partial charge on any atom is -0.478 e. The standard InChI is InChI=1S/C20H20NO4.C20H22NO2.2Y/c1-3-14(12-18(22)15-6-4-13(2)5-7-15)19(23)21-17-10-8-16(9-11-17)20(24)25;1-4-16(13-19(22)17-9-5-14(2)6-10-17)20(23)21-18-11-7-15(3)8-12-18;;/h3-11,14H,12H2,1-2H3,(H,21,23)(H,24,25);4-12,16H,13H2,1-3H3,(H,21,23);;/q2*-1;;. The summed E-state index contributed by atoms with van der Waals surface area (Å²) in [5, 5.41) is 14.5. The second-order valence-electron chi connectivity index (χ2n) is 11.6. The zero-order chi connectivity index (χ0) is 35.2. The van der Waals surface area contributed by atoms with Crippen LogP contribution in [0.25, 0.3) is 0 Å². The molecule has 4 rings (SSSR count). The Morgan fingerprint density at radius 2 is 0.800 bits per heavy atom. The molecule has 0 spiro atoms. The predicted molar refractivity (Wildman–Crippen MR) is 189 cm³/mol. The summed E-state index contributed by atoms with van der Waals surface area (Å²) < 4.78 is 0. The number of hydrogen-bond donors (Lipinski definition) is 3. The number of carbonyl (C=O) groups is 5. The fourth-order valence-electron chi connectivity index (χ4n) is 4.64. The van der Waals surface area contributed by atoms with Crippen molar-refractivity contribution >= 4 is 40.7 Å². The number of carbonyl (C=O) groups excluding carboxylic acids is 4. The number of amides is 2. The van der Waals surface area contributed by atoms with Gasteiger partial charge in [-0.3, -0.25) is 19.2 Å². The average Bonchev–Trinajstić information content (AvgIpc) is 3.08. The van der Waals surface area contributed by atoms with Crippen LogP contribution in [0.4, 0.5) is 11.4 Å². The van der Waals surface area contributed by atoms with E-state index in [1.54, 1.807) is 31.9 Å². The second-order valence-corrected chi connectivity index (χ2v) is 11.6. The van der Waals surface area contributed by atoms with Gasteiger partial charge in [0.2, 0.25) is 0 Å². The number of ketones is 2. The quantitative estimate of drug-likeness (QED) is 0.0924. The summed E-state index contributed by atoms with van der Waals surface area (Å²) in [5.74, 6) is -2.60. The molecule has 0 saturated heterocycles. The number of Topliss-reactive ketones (excluding diaryl/α,β-unsaturated/α-hetero) is 2. The molecule has 10 heteroatoms. The van der Waals surface area contributed by atoms with Gasteiger partial charge in [0.05, 0.1) is 5.56 Å². The van der Waals surface area contributed by atoms with Crippen LogP contribution in [0.3, 0.4) is 0 Å². The van der Waals surface area contributed by atoms with E-state index in [9.17, 15) is 24.0 Å². The molecule has 0 bridgehead atoms. The summed E-state index contributed by atoms with van der Waals surface area (Å²) in [5.41, 5.74) is 5.92. The van der Waals surface area contributed by atoms with Crippen LogP contribution < -0.4 is 10.6 Å². The van der Waals surface area contributed by atoms with Gasteiger partial charge in [0.1, 0.15) is 0 Å². The molecule has 8 nitrogen and oxygen atoms in total. The van der Waals surface area contributed by atoms with Crippen molar-refractivity contribution in [3.05, 3.63) is 143 Å². The van der Waals surface area contributed by atoms with Crippen molar-refractivity contribution < 1.29 is 94.5 Å². The third kappa shape index (κ3) is 14.6. The molecular weight excluding hydrogens is 782 g/mol. The van der Waals surface area contributed by atoms with E-state index in [2.05, 4.69) is 10.6 Å². The maximum Gasteiger partial charge on any atom is 0.335 e. The van der Waals surface area contributed by atoms with Gasteiger partial charge in [-0.15, -0.1) is 0 Å². The van der Waals surface area contributed by atoms with Crippen LogP contribution in [-0.2, 0) is 75.0 Å². The number of hydrogen-bond acceptors (Lipinski definition) is 5. The van der Waals surface area contributed by atoms with E-state index in [0.29, 0.717) is 16.8 Å². The largest absolute Gasteiger partial charge is 0.478 e. The Hall–Kier alpha value is -3.16. The fraction of sp³-hybridized carbons (Fsp3) is 0.225. The summed E-state index contributed by atoms with van der Waals surface area (Å²) in [7, 11) is 0. The SMILES string of the molecule is C[CH-]C(CC(=O)c1ccc(C)cc1)C(=O)Nc1ccc(C(=O)O)cc1.C[CH-]C(CC(=O)c1ccc(C)cc1)C(=O)Nc1ccc(C)cc1.[Y].[Y]. The molecule has 0 fully saturated rings. The first kappa shape index (κ1) is 44.9. The monoisotopic (exact) mass is 824 g/mol. The number of aryl methyl sites for hydroxylation is 3. The van der Waals surface area contributed by atoms with Crippen molar-refractivity contribution in [2.45, 2.75) is 47.5 Å². The van der Waals surface area contributed by atoms with Crippen LogP contribution in [0.1, 0.15) is 74.5 Å². The predicted octanol–water partition coefficient (Wildman–Crippen LogP) is 8.10. The van der Waals surface area contributed by atoms with E-state index in [4.69, 9.17) is 5.11 Å². The first-order valence-corrected chi connectivity index (χ1v) is 15.7. The Labute approximate surface area is 345 Å². The normalized spacial score (nSPS) is 11.2. The van der Waals surface area contributed by atoms with E-state index >= 15 is 0 Å². The van der Waals surface area contributed by atoms with Crippen molar-refractivity contribution in [1.82, 2.24) is 0 Å². The molecule has 2 amide bonds. The Morgan fingerprint density at radius 1 is 0.520 bits per heavy atom. The molecule has 2 radical (unpaired) electrons. The fourth-order valence-corrected chi connectivity index (χ4v) is 4.64. The number of carboxylic acids is 1. The minimum atomic E-state index is -1.03. The molecule has 0 aliphatic rings. The van der Waals surface area contributed by atoms with Gasteiger partial charge in [-0.25, -0.2) is 4.79 Å². The van der Waals surface area contributed by atoms with E-state index < -0.39 is 17.8 Å². The number of carboxylic acid groups (broad SMARTS) is 1. The Morgan fingerprint density at radius 3 is 1.10 bits per heavy atom. The summed E-state index contributed by atoms with van der Waals surface area (Å²) >= 11 is 0. The molecule has 3 N–H and O–H groups in total. The van der Waals surface area contributed by atoms with Crippen LogP contribution in [0, 0.1) is 45.4 Å². The molecule has 4 aromatic rings. The first-order chi connectivity index (χ1) is 22.9. The Bertz CT molecular complexity index is 1710. The van der Waals surface area contributed by atoms with Crippen LogP contribution in [0.5, 0.6) is 0 Å². The Balaban J connectivity index is 0.000000482. The number of benzene rings is 4. The van der Waals surface area contributed by atoms with Gasteiger partial charge in [-0.05, 0) is 70.0 Å². The van der Waals surface area contributed by atoms with Gasteiger partial charge in [0, 0.05) is 87.9 Å². The minimum absolute atomic E-state index is 0. The molecule has 256 valence electrons. The van der Waals surface area contributed by atoms with Crippen LogP contribution in [0.15, 0.2) is 97.1 Å². The Kier molecular flexibility index (Phi) is 20.3. The van der Waals surface area contributed by atoms with E-state index in [-0.39, 0.29) is 107 Å². The molecule has 4 aromatic carbocycles. The van der Waals surface area contributed by atoms with Crippen LogP contribution in [-0.4, -0.2) is 34.5 Å². The van der Waals surface area contributed by atoms with E-state index in [1.807, 2.05) is 88.4 Å². The number of rotatable bonds is 13. The van der Waals surface area contributed by atoms with Gasteiger partial charge >= 0.3 is 5.97 Å². The van der Waals surface area contributed by atoms with Gasteiger partial charge in [-0.1, -0.05) is 89.2 Å². The molecule has 0 aromatic heterocycles. The third-order valence-corrected chi connectivity index (χ3v) is 7.75. The van der Waals surface area contributed by atoms with Crippen molar-refractivity contribution in [2.75, 3.05) is 10.6 Å². The van der Waals surface area contributed by atoms with Gasteiger partial charge in [0.15, 0.2) is 23.4 Å². The summed E-state index contributed by atoms with van der Waals surface area (Å²) in [4.78, 5) is 60.2. The third-order valence-electron chi connectivity index (χ3n) is 7.75. The molecule has 0 aliphatic carbocycles. The van der Waals surface area contributed by atoms with Crippen molar-refractivity contribution in [3.8, 4) is 0 Å².